The van der Waals surface area contributed by atoms with E-state index in [0.717, 1.165) is 29.8 Å². The van der Waals surface area contributed by atoms with Crippen molar-refractivity contribution >= 4 is 23.3 Å². The van der Waals surface area contributed by atoms with Gasteiger partial charge in [0.15, 0.2) is 0 Å². The molecule has 1 atom stereocenters. The number of carbonyl (C=O) groups excluding carboxylic acids is 2. The molecule has 1 aliphatic carbocycles. The van der Waals surface area contributed by atoms with Gasteiger partial charge in [0, 0.05) is 50.5 Å². The van der Waals surface area contributed by atoms with Crippen molar-refractivity contribution in [3.05, 3.63) is 23.8 Å². The van der Waals surface area contributed by atoms with Crippen LogP contribution in [0.3, 0.4) is 0 Å². The molecule has 1 aliphatic rings. The number of urea groups is 1. The summed E-state index contributed by atoms with van der Waals surface area (Å²) >= 11 is 0. The summed E-state index contributed by atoms with van der Waals surface area (Å²) in [6.45, 7) is 9.43. The summed E-state index contributed by atoms with van der Waals surface area (Å²) in [6, 6.07) is 5.81. The first-order valence-corrected chi connectivity index (χ1v) is 9.90. The van der Waals surface area contributed by atoms with Gasteiger partial charge in [-0.15, -0.1) is 0 Å². The number of benzene rings is 1. The summed E-state index contributed by atoms with van der Waals surface area (Å²) < 4.78 is 0. The number of nitrogens with zero attached hydrogens (tertiary/aromatic N) is 2. The molecule has 6 heteroatoms. The lowest BCUT2D eigenvalue weighted by molar-refractivity contribution is -0.136. The number of rotatable bonds is 8. The van der Waals surface area contributed by atoms with Gasteiger partial charge in [-0.2, -0.15) is 0 Å². The molecule has 0 heterocycles. The Kier molecular flexibility index (Phi) is 7.11. The molecule has 150 valence electrons. The zero-order chi connectivity index (χ0) is 20.1. The van der Waals surface area contributed by atoms with E-state index in [4.69, 9.17) is 0 Å². The van der Waals surface area contributed by atoms with Gasteiger partial charge in [-0.05, 0) is 56.4 Å². The molecule has 2 rings (SSSR count). The number of amides is 3. The largest absolute Gasteiger partial charge is 0.377 e. The summed E-state index contributed by atoms with van der Waals surface area (Å²) in [5, 5.41) is 5.61. The third-order valence-corrected chi connectivity index (χ3v) is 5.16. The van der Waals surface area contributed by atoms with E-state index in [0.29, 0.717) is 19.0 Å². The number of nitrogens with one attached hydrogen (secondary N) is 2. The Hall–Kier alpha value is -2.24. The Labute approximate surface area is 163 Å². The Morgan fingerprint density at radius 1 is 1.19 bits per heavy atom. The van der Waals surface area contributed by atoms with Gasteiger partial charge in [-0.1, -0.05) is 13.8 Å². The van der Waals surface area contributed by atoms with Crippen molar-refractivity contribution in [2.45, 2.75) is 53.1 Å². The number of hydrogen-bond acceptors (Lipinski definition) is 3. The maximum Gasteiger partial charge on any atom is 0.319 e. The van der Waals surface area contributed by atoms with E-state index in [1.807, 2.05) is 49.0 Å². The molecule has 27 heavy (non-hydrogen) atoms. The molecule has 0 bridgehead atoms. The minimum Gasteiger partial charge on any atom is -0.377 e. The van der Waals surface area contributed by atoms with Crippen molar-refractivity contribution in [1.29, 1.82) is 0 Å². The van der Waals surface area contributed by atoms with E-state index < -0.39 is 0 Å². The van der Waals surface area contributed by atoms with E-state index in [2.05, 4.69) is 31.4 Å². The lowest BCUT2D eigenvalue weighted by Crippen LogP contribution is -2.42. The van der Waals surface area contributed by atoms with Gasteiger partial charge in [-0.25, -0.2) is 4.79 Å². The number of hydrogen-bond donors (Lipinski definition) is 2. The van der Waals surface area contributed by atoms with Crippen LogP contribution in [0, 0.1) is 11.8 Å². The Bertz CT molecular complexity index is 668. The fourth-order valence-electron chi connectivity index (χ4n) is 3.09. The second-order valence-corrected chi connectivity index (χ2v) is 7.95. The van der Waals surface area contributed by atoms with Crippen molar-refractivity contribution in [3.63, 3.8) is 0 Å². The average Bonchev–Trinajstić information content (AvgIpc) is 3.43. The second-order valence-electron chi connectivity index (χ2n) is 7.95. The molecule has 0 aliphatic heterocycles. The van der Waals surface area contributed by atoms with Gasteiger partial charge in [0.25, 0.3) is 0 Å². The van der Waals surface area contributed by atoms with Gasteiger partial charge < -0.3 is 20.4 Å². The van der Waals surface area contributed by atoms with E-state index in [-0.39, 0.29) is 23.9 Å². The van der Waals surface area contributed by atoms with Gasteiger partial charge in [0.05, 0.1) is 0 Å². The molecule has 0 saturated heterocycles. The summed E-state index contributed by atoms with van der Waals surface area (Å²) in [7, 11) is 3.99. The molecule has 1 aromatic rings. The van der Waals surface area contributed by atoms with Crippen molar-refractivity contribution in [3.8, 4) is 0 Å². The van der Waals surface area contributed by atoms with E-state index >= 15 is 0 Å². The average molecular weight is 375 g/mol. The SMILES string of the molecule is CCNC(=O)Nc1ccc(N(C)C)c(CN(C(=O)C2CC2)[C@H](C)C(C)C)c1. The lowest BCUT2D eigenvalue weighted by Gasteiger charge is -2.33. The quantitative estimate of drug-likeness (QED) is 0.730. The summed E-state index contributed by atoms with van der Waals surface area (Å²) in [5.41, 5.74) is 2.83. The minimum atomic E-state index is -0.220. The van der Waals surface area contributed by atoms with Crippen LogP contribution >= 0.6 is 0 Å². The molecule has 2 N–H and O–H groups in total. The van der Waals surface area contributed by atoms with Crippen LogP contribution in [0.4, 0.5) is 16.2 Å². The van der Waals surface area contributed by atoms with Crippen LogP contribution in [0.15, 0.2) is 18.2 Å². The molecule has 1 fully saturated rings. The highest BCUT2D eigenvalue weighted by Gasteiger charge is 2.36. The first-order valence-electron chi connectivity index (χ1n) is 9.90. The molecule has 0 unspecified atom stereocenters. The zero-order valence-corrected chi connectivity index (χ0v) is 17.5. The van der Waals surface area contributed by atoms with Crippen molar-refractivity contribution in [1.82, 2.24) is 10.2 Å². The number of anilines is 2. The topological polar surface area (TPSA) is 64.7 Å². The molecular formula is C21H34N4O2. The molecule has 1 saturated carbocycles. The van der Waals surface area contributed by atoms with E-state index in [9.17, 15) is 9.59 Å². The lowest BCUT2D eigenvalue weighted by atomic mass is 10.0. The van der Waals surface area contributed by atoms with Crippen LogP contribution < -0.4 is 15.5 Å². The van der Waals surface area contributed by atoms with Gasteiger partial charge in [0.1, 0.15) is 0 Å². The number of carbonyl (C=O) groups is 2. The monoisotopic (exact) mass is 374 g/mol. The third kappa shape index (κ3) is 5.62. The predicted molar refractivity (Wildman–Crippen MR) is 111 cm³/mol. The maximum absolute atomic E-state index is 12.9. The Morgan fingerprint density at radius 3 is 2.37 bits per heavy atom. The van der Waals surface area contributed by atoms with E-state index in [1.54, 1.807) is 0 Å². The highest BCUT2D eigenvalue weighted by molar-refractivity contribution is 5.89. The predicted octanol–water partition coefficient (Wildman–Crippen LogP) is 3.68. The standard InChI is InChI=1S/C21H34N4O2/c1-7-22-21(27)23-18-10-11-19(24(5)6)17(12-18)13-25(15(4)14(2)3)20(26)16-8-9-16/h10-12,14-16H,7-9,13H2,1-6H3,(H2,22,23,27)/t15-/m1/s1. The van der Waals surface area contributed by atoms with Crippen LogP contribution in [-0.4, -0.2) is 43.5 Å². The normalized spacial score (nSPS) is 14.6. The van der Waals surface area contributed by atoms with Crippen LogP contribution in [0.2, 0.25) is 0 Å². The van der Waals surface area contributed by atoms with Crippen LogP contribution in [-0.2, 0) is 11.3 Å². The summed E-state index contributed by atoms with van der Waals surface area (Å²) in [4.78, 5) is 28.8. The highest BCUT2D eigenvalue weighted by Crippen LogP contribution is 2.34. The fourth-order valence-corrected chi connectivity index (χ4v) is 3.09. The first kappa shape index (κ1) is 21.1. The van der Waals surface area contributed by atoms with E-state index in [1.165, 1.54) is 0 Å². The first-order chi connectivity index (χ1) is 12.7. The minimum absolute atomic E-state index is 0.160. The maximum atomic E-state index is 12.9. The second kappa shape index (κ2) is 9.11. The molecular weight excluding hydrogens is 340 g/mol. The third-order valence-electron chi connectivity index (χ3n) is 5.16. The Balaban J connectivity index is 2.30. The fraction of sp³-hybridized carbons (Fsp3) is 0.619. The summed E-state index contributed by atoms with van der Waals surface area (Å²) in [6.07, 6.45) is 2.00. The van der Waals surface area contributed by atoms with Crippen molar-refractivity contribution in [2.24, 2.45) is 11.8 Å². The smallest absolute Gasteiger partial charge is 0.319 e. The molecule has 1 aromatic carbocycles. The molecule has 3 amide bonds. The van der Waals surface area contributed by atoms with Gasteiger partial charge in [0.2, 0.25) is 5.91 Å². The molecule has 6 nitrogen and oxygen atoms in total. The zero-order valence-electron chi connectivity index (χ0n) is 17.5. The van der Waals surface area contributed by atoms with Crippen LogP contribution in [0.25, 0.3) is 0 Å². The van der Waals surface area contributed by atoms with Crippen molar-refractivity contribution in [2.75, 3.05) is 30.9 Å². The van der Waals surface area contributed by atoms with Gasteiger partial charge in [-0.3, -0.25) is 4.79 Å². The van der Waals surface area contributed by atoms with Crippen molar-refractivity contribution < 1.29 is 9.59 Å². The molecule has 0 aromatic heterocycles. The molecule has 0 radical (unpaired) electrons. The van der Waals surface area contributed by atoms with Crippen LogP contribution in [0.1, 0.15) is 46.1 Å². The molecule has 0 spiro atoms. The Morgan fingerprint density at radius 2 is 1.85 bits per heavy atom. The van der Waals surface area contributed by atoms with Gasteiger partial charge >= 0.3 is 6.03 Å². The highest BCUT2D eigenvalue weighted by atomic mass is 16.2. The van der Waals surface area contributed by atoms with Crippen LogP contribution in [0.5, 0.6) is 0 Å². The summed E-state index contributed by atoms with van der Waals surface area (Å²) in [5.74, 6) is 0.820.